The van der Waals surface area contributed by atoms with Crippen LogP contribution in [0.25, 0.3) is 75.1 Å². The van der Waals surface area contributed by atoms with Gasteiger partial charge in [-0.25, -0.2) is 0 Å². The highest BCUT2D eigenvalue weighted by atomic mass is 32.1. The molecule has 9 rings (SSSR count). The molecular formula is C44H35BO2S. The van der Waals surface area contributed by atoms with E-state index in [1.807, 2.05) is 11.3 Å². The van der Waals surface area contributed by atoms with Crippen molar-refractivity contribution in [3.05, 3.63) is 140 Å². The van der Waals surface area contributed by atoms with Gasteiger partial charge in [0.15, 0.2) is 0 Å². The lowest BCUT2D eigenvalue weighted by Crippen LogP contribution is -2.41. The number of hydrogen-bond acceptors (Lipinski definition) is 3. The Morgan fingerprint density at radius 3 is 1.65 bits per heavy atom. The Balaban J connectivity index is 1.41. The molecule has 2 nitrogen and oxygen atoms in total. The summed E-state index contributed by atoms with van der Waals surface area (Å²) in [5.41, 5.74) is 6.45. The summed E-state index contributed by atoms with van der Waals surface area (Å²) in [6.45, 7) is 8.50. The molecule has 1 aromatic heterocycles. The first-order chi connectivity index (χ1) is 23.3. The summed E-state index contributed by atoms with van der Waals surface area (Å²) in [6.07, 6.45) is 0. The van der Waals surface area contributed by atoms with E-state index < -0.39 is 18.3 Å². The standard InChI is InChI=1S/C44H35BO2S/c1-43(2)44(3,4)47-45(46-43)37-24-14-23-36-39(31-26-25-28-15-8-9-18-30(28)27-31)42(48-41(36)37)40-34-21-12-10-19-32(34)38(29-16-6-5-7-17-29)33-20-11-13-22-35(33)40/h5-27H,1-4H3. The summed E-state index contributed by atoms with van der Waals surface area (Å²) in [5.74, 6) is 0. The summed E-state index contributed by atoms with van der Waals surface area (Å²) in [6, 6.07) is 50.8. The van der Waals surface area contributed by atoms with Crippen molar-refractivity contribution in [3.63, 3.8) is 0 Å². The molecule has 1 fully saturated rings. The second-order valence-corrected chi connectivity index (χ2v) is 14.9. The molecule has 0 amide bonds. The molecule has 48 heavy (non-hydrogen) atoms. The largest absolute Gasteiger partial charge is 0.496 e. The number of fused-ring (bicyclic) bond motifs is 4. The Labute approximate surface area is 285 Å². The van der Waals surface area contributed by atoms with Crippen molar-refractivity contribution in [1.29, 1.82) is 0 Å². The van der Waals surface area contributed by atoms with Gasteiger partial charge in [-0.15, -0.1) is 11.3 Å². The van der Waals surface area contributed by atoms with E-state index in [1.54, 1.807) is 0 Å². The molecule has 0 N–H and O–H groups in total. The van der Waals surface area contributed by atoms with Gasteiger partial charge in [0, 0.05) is 31.6 Å². The zero-order valence-electron chi connectivity index (χ0n) is 27.6. The third-order valence-electron chi connectivity index (χ3n) is 10.5. The van der Waals surface area contributed by atoms with Crippen molar-refractivity contribution in [1.82, 2.24) is 0 Å². The van der Waals surface area contributed by atoms with Crippen molar-refractivity contribution in [3.8, 4) is 32.7 Å². The molecule has 8 aromatic rings. The van der Waals surface area contributed by atoms with Crippen molar-refractivity contribution in [2.24, 2.45) is 0 Å². The van der Waals surface area contributed by atoms with Gasteiger partial charge in [-0.1, -0.05) is 133 Å². The smallest absolute Gasteiger partial charge is 0.399 e. The Bertz CT molecular complexity index is 2460. The Kier molecular flexibility index (Phi) is 6.68. The SMILES string of the molecule is CC1(C)OB(c2cccc3c(-c4ccc5ccccc5c4)c(-c4c5ccccc5c(-c5ccccc5)c5ccccc45)sc23)OC1(C)C. The van der Waals surface area contributed by atoms with E-state index in [0.717, 1.165) is 5.46 Å². The molecule has 0 saturated carbocycles. The van der Waals surface area contributed by atoms with Crippen molar-refractivity contribution in [2.75, 3.05) is 0 Å². The second-order valence-electron chi connectivity index (χ2n) is 13.9. The lowest BCUT2D eigenvalue weighted by molar-refractivity contribution is 0.00578. The van der Waals surface area contributed by atoms with E-state index in [4.69, 9.17) is 9.31 Å². The van der Waals surface area contributed by atoms with E-state index in [9.17, 15) is 0 Å². The molecule has 1 aliphatic rings. The molecule has 7 aromatic carbocycles. The summed E-state index contributed by atoms with van der Waals surface area (Å²) in [5, 5.41) is 8.70. The third kappa shape index (κ3) is 4.48. The zero-order valence-corrected chi connectivity index (χ0v) is 28.4. The topological polar surface area (TPSA) is 18.5 Å². The molecular weight excluding hydrogens is 603 g/mol. The first-order valence-electron chi connectivity index (χ1n) is 16.7. The zero-order chi connectivity index (χ0) is 32.6. The Hall–Kier alpha value is -4.74. The first kappa shape index (κ1) is 29.4. The molecule has 0 bridgehead atoms. The van der Waals surface area contributed by atoms with Crippen LogP contribution in [0.2, 0.25) is 0 Å². The molecule has 0 spiro atoms. The second kappa shape index (κ2) is 10.9. The lowest BCUT2D eigenvalue weighted by Gasteiger charge is -2.32. The molecule has 1 saturated heterocycles. The van der Waals surface area contributed by atoms with Crippen LogP contribution in [0.4, 0.5) is 0 Å². The molecule has 2 heterocycles. The number of hydrogen-bond donors (Lipinski definition) is 0. The number of thiophene rings is 1. The maximum absolute atomic E-state index is 6.67. The van der Waals surface area contributed by atoms with Gasteiger partial charge in [-0.05, 0) is 82.8 Å². The Morgan fingerprint density at radius 1 is 0.458 bits per heavy atom. The van der Waals surface area contributed by atoms with Gasteiger partial charge >= 0.3 is 7.12 Å². The van der Waals surface area contributed by atoms with Gasteiger partial charge in [0.1, 0.15) is 0 Å². The Morgan fingerprint density at radius 2 is 1.00 bits per heavy atom. The maximum atomic E-state index is 6.67. The lowest BCUT2D eigenvalue weighted by atomic mass is 9.78. The van der Waals surface area contributed by atoms with Crippen molar-refractivity contribution < 1.29 is 9.31 Å². The molecule has 1 aliphatic heterocycles. The van der Waals surface area contributed by atoms with Gasteiger partial charge in [-0.2, -0.15) is 0 Å². The van der Waals surface area contributed by atoms with Crippen LogP contribution in [0.3, 0.4) is 0 Å². The fourth-order valence-electron chi connectivity index (χ4n) is 7.39. The minimum Gasteiger partial charge on any atom is -0.399 e. The van der Waals surface area contributed by atoms with Crippen LogP contribution < -0.4 is 5.46 Å². The number of rotatable bonds is 4. The summed E-state index contributed by atoms with van der Waals surface area (Å²) >= 11 is 1.86. The highest BCUT2D eigenvalue weighted by Crippen LogP contribution is 2.51. The predicted molar refractivity (Wildman–Crippen MR) is 206 cm³/mol. The fraction of sp³-hybridized carbons (Fsp3) is 0.136. The van der Waals surface area contributed by atoms with Crippen LogP contribution >= 0.6 is 11.3 Å². The van der Waals surface area contributed by atoms with Crippen LogP contribution in [0, 0.1) is 0 Å². The normalized spacial score (nSPS) is 15.6. The first-order valence-corrected chi connectivity index (χ1v) is 17.5. The fourth-order valence-corrected chi connectivity index (χ4v) is 8.81. The van der Waals surface area contributed by atoms with Crippen LogP contribution in [-0.2, 0) is 9.31 Å². The van der Waals surface area contributed by atoms with Crippen LogP contribution in [0.1, 0.15) is 27.7 Å². The van der Waals surface area contributed by atoms with Gasteiger partial charge in [0.2, 0.25) is 0 Å². The highest BCUT2D eigenvalue weighted by Gasteiger charge is 2.52. The molecule has 0 aliphatic carbocycles. The number of benzene rings is 7. The molecule has 0 radical (unpaired) electrons. The quantitative estimate of drug-likeness (QED) is 0.141. The average molecular weight is 639 g/mol. The predicted octanol–water partition coefficient (Wildman–Crippen LogP) is 11.7. The maximum Gasteiger partial charge on any atom is 0.496 e. The summed E-state index contributed by atoms with van der Waals surface area (Å²) in [4.78, 5) is 1.26. The van der Waals surface area contributed by atoms with Gasteiger partial charge in [0.25, 0.3) is 0 Å². The van der Waals surface area contributed by atoms with Gasteiger partial charge in [0.05, 0.1) is 11.2 Å². The molecule has 232 valence electrons. The van der Waals surface area contributed by atoms with Crippen LogP contribution in [0.5, 0.6) is 0 Å². The van der Waals surface area contributed by atoms with Gasteiger partial charge < -0.3 is 9.31 Å². The van der Waals surface area contributed by atoms with Gasteiger partial charge in [-0.3, -0.25) is 0 Å². The van der Waals surface area contributed by atoms with E-state index in [-0.39, 0.29) is 0 Å². The summed E-state index contributed by atoms with van der Waals surface area (Å²) < 4.78 is 14.5. The molecule has 0 atom stereocenters. The van der Waals surface area contributed by atoms with E-state index in [2.05, 4.69) is 167 Å². The molecule has 0 unspecified atom stereocenters. The monoisotopic (exact) mass is 638 g/mol. The minimum atomic E-state index is -0.455. The molecule has 4 heteroatoms. The average Bonchev–Trinajstić information content (AvgIpc) is 3.59. The van der Waals surface area contributed by atoms with Crippen LogP contribution in [0.15, 0.2) is 140 Å². The van der Waals surface area contributed by atoms with E-state index in [1.165, 1.54) is 75.1 Å². The van der Waals surface area contributed by atoms with E-state index >= 15 is 0 Å². The van der Waals surface area contributed by atoms with E-state index in [0.29, 0.717) is 0 Å². The third-order valence-corrected chi connectivity index (χ3v) is 11.8. The highest BCUT2D eigenvalue weighted by molar-refractivity contribution is 7.24. The van der Waals surface area contributed by atoms with Crippen molar-refractivity contribution in [2.45, 2.75) is 38.9 Å². The minimum absolute atomic E-state index is 0.430. The van der Waals surface area contributed by atoms with Crippen LogP contribution in [-0.4, -0.2) is 18.3 Å². The summed E-state index contributed by atoms with van der Waals surface area (Å²) in [7, 11) is -0.455. The van der Waals surface area contributed by atoms with Crippen molar-refractivity contribution >= 4 is 66.3 Å².